The van der Waals surface area contributed by atoms with E-state index in [1.807, 2.05) is 0 Å². The van der Waals surface area contributed by atoms with Gasteiger partial charge in [-0.3, -0.25) is 0 Å². The quantitative estimate of drug-likeness (QED) is 0.724. The monoisotopic (exact) mass is 310 g/mol. The largest absolute Gasteiger partial charge is 0.394 e. The number of aliphatic hydroxyl groups is 1. The van der Waals surface area contributed by atoms with Crippen molar-refractivity contribution >= 4 is 0 Å². The van der Waals surface area contributed by atoms with Crippen molar-refractivity contribution in [2.45, 2.75) is 63.7 Å². The van der Waals surface area contributed by atoms with E-state index in [1.165, 1.54) is 0 Å². The van der Waals surface area contributed by atoms with Crippen molar-refractivity contribution < 1.29 is 18.3 Å². The summed E-state index contributed by atoms with van der Waals surface area (Å²) in [4.78, 5) is 1.74. The van der Waals surface area contributed by atoms with E-state index in [4.69, 9.17) is 0 Å². The Morgan fingerprint density at radius 1 is 1.33 bits per heavy atom. The fourth-order valence-corrected chi connectivity index (χ4v) is 3.39. The summed E-state index contributed by atoms with van der Waals surface area (Å²) in [6, 6.07) is 0.292. The predicted octanol–water partition coefficient (Wildman–Crippen LogP) is 2.79. The Labute approximate surface area is 125 Å². The molecule has 126 valence electrons. The molecule has 1 aliphatic carbocycles. The molecule has 3 nitrogen and oxygen atoms in total. The maximum atomic E-state index is 12.2. The van der Waals surface area contributed by atoms with E-state index < -0.39 is 12.6 Å². The van der Waals surface area contributed by atoms with Crippen molar-refractivity contribution in [3.8, 4) is 0 Å². The Bertz CT molecular complexity index is 310. The van der Waals surface area contributed by atoms with Gasteiger partial charge in [0.2, 0.25) is 0 Å². The summed E-state index contributed by atoms with van der Waals surface area (Å²) < 4.78 is 36.6. The van der Waals surface area contributed by atoms with Gasteiger partial charge in [0.15, 0.2) is 0 Å². The molecular formula is C15H29F3N2O. The van der Waals surface area contributed by atoms with Gasteiger partial charge in [0, 0.05) is 18.1 Å². The lowest BCUT2D eigenvalue weighted by Crippen LogP contribution is -2.54. The SMILES string of the molecule is CC(C)NC1(CO)CCCC1CCN(C)CCC(F)(F)F. The Morgan fingerprint density at radius 2 is 2.00 bits per heavy atom. The van der Waals surface area contributed by atoms with E-state index in [-0.39, 0.29) is 18.7 Å². The molecule has 1 fully saturated rings. The van der Waals surface area contributed by atoms with Crippen LogP contribution in [-0.4, -0.2) is 54.5 Å². The Balaban J connectivity index is 2.45. The Kier molecular flexibility index (Phi) is 6.94. The van der Waals surface area contributed by atoms with E-state index in [0.29, 0.717) is 18.5 Å². The molecule has 0 spiro atoms. The first-order valence-electron chi connectivity index (χ1n) is 7.82. The van der Waals surface area contributed by atoms with Gasteiger partial charge in [0.05, 0.1) is 13.0 Å². The van der Waals surface area contributed by atoms with Crippen LogP contribution in [0, 0.1) is 5.92 Å². The molecule has 0 bridgehead atoms. The molecule has 0 aromatic rings. The zero-order chi connectivity index (χ0) is 16.1. The van der Waals surface area contributed by atoms with Gasteiger partial charge < -0.3 is 15.3 Å². The standard InChI is InChI=1S/C15H29F3N2O/c1-12(2)19-14(11-21)7-4-5-13(14)6-9-20(3)10-8-15(16,17)18/h12-13,19,21H,4-11H2,1-3H3. The normalized spacial score (nSPS) is 27.0. The van der Waals surface area contributed by atoms with Crippen molar-refractivity contribution in [2.24, 2.45) is 5.92 Å². The van der Waals surface area contributed by atoms with E-state index in [1.54, 1.807) is 11.9 Å². The van der Waals surface area contributed by atoms with Crippen LogP contribution in [0.3, 0.4) is 0 Å². The first-order valence-corrected chi connectivity index (χ1v) is 7.82. The molecule has 0 heterocycles. The molecule has 6 heteroatoms. The summed E-state index contributed by atoms with van der Waals surface area (Å²) in [5.41, 5.74) is -0.251. The molecule has 2 atom stereocenters. The number of hydrogen-bond donors (Lipinski definition) is 2. The van der Waals surface area contributed by atoms with Crippen molar-refractivity contribution in [1.29, 1.82) is 0 Å². The lowest BCUT2D eigenvalue weighted by Gasteiger charge is -2.37. The van der Waals surface area contributed by atoms with Gasteiger partial charge in [-0.15, -0.1) is 0 Å². The first-order chi connectivity index (χ1) is 9.68. The van der Waals surface area contributed by atoms with Gasteiger partial charge in [-0.2, -0.15) is 13.2 Å². The van der Waals surface area contributed by atoms with Gasteiger partial charge >= 0.3 is 6.18 Å². The third-order valence-corrected chi connectivity index (χ3v) is 4.45. The van der Waals surface area contributed by atoms with E-state index >= 15 is 0 Å². The second-order valence-corrected chi connectivity index (χ2v) is 6.66. The lowest BCUT2D eigenvalue weighted by molar-refractivity contribution is -0.137. The van der Waals surface area contributed by atoms with Gasteiger partial charge in [-0.05, 0) is 38.8 Å². The summed E-state index contributed by atoms with van der Waals surface area (Å²) >= 11 is 0. The van der Waals surface area contributed by atoms with Crippen LogP contribution in [0.4, 0.5) is 13.2 Å². The minimum absolute atomic E-state index is 0.0416. The van der Waals surface area contributed by atoms with Crippen LogP contribution < -0.4 is 5.32 Å². The fourth-order valence-electron chi connectivity index (χ4n) is 3.39. The van der Waals surface area contributed by atoms with Gasteiger partial charge in [0.25, 0.3) is 0 Å². The van der Waals surface area contributed by atoms with E-state index in [2.05, 4.69) is 19.2 Å². The molecule has 0 radical (unpaired) electrons. The number of alkyl halides is 3. The van der Waals surface area contributed by atoms with E-state index in [0.717, 1.165) is 25.7 Å². The second-order valence-electron chi connectivity index (χ2n) is 6.66. The topological polar surface area (TPSA) is 35.5 Å². The molecular weight excluding hydrogens is 281 g/mol. The van der Waals surface area contributed by atoms with Crippen LogP contribution in [-0.2, 0) is 0 Å². The maximum Gasteiger partial charge on any atom is 0.390 e. The molecule has 0 amide bonds. The van der Waals surface area contributed by atoms with Crippen molar-refractivity contribution in [1.82, 2.24) is 10.2 Å². The van der Waals surface area contributed by atoms with E-state index in [9.17, 15) is 18.3 Å². The average molecular weight is 310 g/mol. The van der Waals surface area contributed by atoms with Crippen molar-refractivity contribution in [3.63, 3.8) is 0 Å². The Morgan fingerprint density at radius 3 is 2.52 bits per heavy atom. The number of aliphatic hydroxyl groups excluding tert-OH is 1. The summed E-state index contributed by atoms with van der Waals surface area (Å²) in [7, 11) is 1.73. The molecule has 1 rings (SSSR count). The van der Waals surface area contributed by atoms with Gasteiger partial charge in [-0.25, -0.2) is 0 Å². The summed E-state index contributed by atoms with van der Waals surface area (Å²) in [6.45, 7) is 4.90. The van der Waals surface area contributed by atoms with Crippen LogP contribution in [0.2, 0.25) is 0 Å². The molecule has 1 saturated carbocycles. The zero-order valence-electron chi connectivity index (χ0n) is 13.3. The lowest BCUT2D eigenvalue weighted by atomic mass is 9.84. The third-order valence-electron chi connectivity index (χ3n) is 4.45. The van der Waals surface area contributed by atoms with Crippen LogP contribution >= 0.6 is 0 Å². The molecule has 0 aliphatic heterocycles. The minimum atomic E-state index is -4.09. The van der Waals surface area contributed by atoms with Crippen LogP contribution in [0.5, 0.6) is 0 Å². The first kappa shape index (κ1) is 18.7. The molecule has 21 heavy (non-hydrogen) atoms. The Hall–Kier alpha value is -0.330. The zero-order valence-corrected chi connectivity index (χ0v) is 13.3. The highest BCUT2D eigenvalue weighted by Crippen LogP contribution is 2.38. The highest BCUT2D eigenvalue weighted by atomic mass is 19.4. The second kappa shape index (κ2) is 7.79. The highest BCUT2D eigenvalue weighted by molar-refractivity contribution is 4.99. The van der Waals surface area contributed by atoms with Crippen LogP contribution in [0.25, 0.3) is 0 Å². The van der Waals surface area contributed by atoms with Crippen molar-refractivity contribution in [2.75, 3.05) is 26.7 Å². The molecule has 0 aromatic heterocycles. The molecule has 1 aliphatic rings. The summed E-state index contributed by atoms with van der Waals surface area (Å²) in [5, 5.41) is 13.3. The van der Waals surface area contributed by atoms with Gasteiger partial charge in [0.1, 0.15) is 0 Å². The summed E-state index contributed by atoms with van der Waals surface area (Å²) in [5.74, 6) is 0.332. The van der Waals surface area contributed by atoms with Crippen molar-refractivity contribution in [3.05, 3.63) is 0 Å². The number of nitrogens with zero attached hydrogens (tertiary/aromatic N) is 1. The average Bonchev–Trinajstić information content (AvgIpc) is 2.75. The van der Waals surface area contributed by atoms with Crippen LogP contribution in [0.15, 0.2) is 0 Å². The fraction of sp³-hybridized carbons (Fsp3) is 1.00. The number of halogens is 3. The molecule has 0 aromatic carbocycles. The molecule has 2 unspecified atom stereocenters. The predicted molar refractivity (Wildman–Crippen MR) is 78.2 cm³/mol. The van der Waals surface area contributed by atoms with Gasteiger partial charge in [-0.1, -0.05) is 20.3 Å². The maximum absolute atomic E-state index is 12.2. The summed E-state index contributed by atoms with van der Waals surface area (Å²) in [6.07, 6.45) is -0.975. The number of rotatable bonds is 8. The molecule has 0 saturated heterocycles. The third kappa shape index (κ3) is 6.12. The minimum Gasteiger partial charge on any atom is -0.394 e. The van der Waals surface area contributed by atoms with Crippen LogP contribution in [0.1, 0.15) is 46.0 Å². The number of nitrogens with one attached hydrogen (secondary N) is 1. The smallest absolute Gasteiger partial charge is 0.390 e. The molecule has 2 N–H and O–H groups in total. The highest BCUT2D eigenvalue weighted by Gasteiger charge is 2.42. The number of hydrogen-bond acceptors (Lipinski definition) is 3.